The zero-order valence-electron chi connectivity index (χ0n) is 15.2. The highest BCUT2D eigenvalue weighted by atomic mass is 16.5. The molecule has 3 heteroatoms. The maximum absolute atomic E-state index is 11.5. The van der Waals surface area contributed by atoms with Gasteiger partial charge in [0.25, 0.3) is 0 Å². The lowest BCUT2D eigenvalue weighted by molar-refractivity contribution is -0.140. The highest BCUT2D eigenvalue weighted by molar-refractivity contribution is 5.90. The van der Waals surface area contributed by atoms with E-state index in [0.717, 1.165) is 12.8 Å². The summed E-state index contributed by atoms with van der Waals surface area (Å²) in [6.07, 6.45) is 24.0. The fourth-order valence-electron chi connectivity index (χ4n) is 1.99. The van der Waals surface area contributed by atoms with Crippen molar-refractivity contribution in [3.63, 3.8) is 0 Å². The topological polar surface area (TPSA) is 43.4 Å². The molecule has 0 N–H and O–H groups in total. The smallest absolute Gasteiger partial charge is 0.305 e. The Kier molecular flexibility index (Phi) is 16.1. The van der Waals surface area contributed by atoms with E-state index < -0.39 is 0 Å². The van der Waals surface area contributed by atoms with Crippen molar-refractivity contribution in [2.75, 3.05) is 7.11 Å². The van der Waals surface area contributed by atoms with Crippen LogP contribution in [0.3, 0.4) is 0 Å². The molecular formula is C21H32O3. The molecule has 0 aromatic carbocycles. The van der Waals surface area contributed by atoms with Crippen LogP contribution >= 0.6 is 0 Å². The zero-order valence-corrected chi connectivity index (χ0v) is 15.2. The van der Waals surface area contributed by atoms with Gasteiger partial charge in [-0.15, -0.1) is 0 Å². The molecule has 0 spiro atoms. The fraction of sp³-hybridized carbons (Fsp3) is 0.524. The molecule has 0 radical (unpaired) electrons. The van der Waals surface area contributed by atoms with Gasteiger partial charge in [-0.3, -0.25) is 9.59 Å². The van der Waals surface area contributed by atoms with Crippen LogP contribution in [0, 0.1) is 0 Å². The average Bonchev–Trinajstić information content (AvgIpc) is 2.58. The van der Waals surface area contributed by atoms with Crippen molar-refractivity contribution in [2.24, 2.45) is 0 Å². The monoisotopic (exact) mass is 332 g/mol. The summed E-state index contributed by atoms with van der Waals surface area (Å²) in [5, 5.41) is 0. The van der Waals surface area contributed by atoms with Crippen LogP contribution in [-0.2, 0) is 14.3 Å². The normalized spacial score (nSPS) is 12.1. The van der Waals surface area contributed by atoms with Crippen LogP contribution in [-0.4, -0.2) is 18.9 Å². The summed E-state index contributed by atoms with van der Waals surface area (Å²) in [4.78, 5) is 22.4. The first kappa shape index (κ1) is 22.1. The largest absolute Gasteiger partial charge is 0.469 e. The van der Waals surface area contributed by atoms with E-state index in [0.29, 0.717) is 19.3 Å². The number of methoxy groups -OCH3 is 1. The second kappa shape index (κ2) is 17.5. The maximum Gasteiger partial charge on any atom is 0.305 e. The standard InChI is InChI=1S/C21H32O3/c1-3-4-5-6-7-8-9-10-11-12-13-14-15-17-20(22)18-16-19-21(23)24-2/h7-8,10-11,13-15,17H,3-6,9,12,16,18-19H2,1-2H3/b8-7-,11-10-,14-13-,17-15+. The van der Waals surface area contributed by atoms with Crippen molar-refractivity contribution in [3.05, 3.63) is 48.6 Å². The fourth-order valence-corrected chi connectivity index (χ4v) is 1.99. The Morgan fingerprint density at radius 1 is 0.833 bits per heavy atom. The predicted molar refractivity (Wildman–Crippen MR) is 101 cm³/mol. The number of hydrogen-bond acceptors (Lipinski definition) is 3. The third-order valence-corrected chi connectivity index (χ3v) is 3.41. The van der Waals surface area contributed by atoms with Crippen molar-refractivity contribution in [1.82, 2.24) is 0 Å². The first-order valence-electron chi connectivity index (χ1n) is 8.93. The van der Waals surface area contributed by atoms with Crippen LogP contribution in [0.1, 0.15) is 64.7 Å². The van der Waals surface area contributed by atoms with E-state index in [2.05, 4.69) is 36.0 Å². The van der Waals surface area contributed by atoms with Gasteiger partial charge < -0.3 is 4.74 Å². The molecule has 0 saturated carbocycles. The highest BCUT2D eigenvalue weighted by Gasteiger charge is 2.01. The number of hydrogen-bond donors (Lipinski definition) is 0. The summed E-state index contributed by atoms with van der Waals surface area (Å²) in [7, 11) is 1.35. The average molecular weight is 332 g/mol. The number of esters is 1. The van der Waals surface area contributed by atoms with Crippen molar-refractivity contribution in [3.8, 4) is 0 Å². The number of rotatable bonds is 14. The summed E-state index contributed by atoms with van der Waals surface area (Å²) < 4.78 is 4.52. The van der Waals surface area contributed by atoms with Gasteiger partial charge in [-0.2, -0.15) is 0 Å². The lowest BCUT2D eigenvalue weighted by atomic mass is 10.1. The SMILES string of the molecule is CCCCC/C=C\C/C=C\C/C=C\C=C\C(=O)CCCC(=O)OC. The summed E-state index contributed by atoms with van der Waals surface area (Å²) >= 11 is 0. The molecule has 0 atom stereocenters. The van der Waals surface area contributed by atoms with Gasteiger partial charge in [0.1, 0.15) is 0 Å². The first-order valence-corrected chi connectivity index (χ1v) is 8.93. The van der Waals surface area contributed by atoms with Crippen LogP contribution in [0.4, 0.5) is 0 Å². The number of ether oxygens (including phenoxy) is 1. The molecule has 3 nitrogen and oxygen atoms in total. The van der Waals surface area contributed by atoms with Crippen LogP contribution in [0.5, 0.6) is 0 Å². The molecule has 0 heterocycles. The van der Waals surface area contributed by atoms with Gasteiger partial charge in [0.15, 0.2) is 5.78 Å². The zero-order chi connectivity index (χ0) is 17.9. The Morgan fingerprint density at radius 3 is 2.25 bits per heavy atom. The second-order valence-electron chi connectivity index (χ2n) is 5.59. The van der Waals surface area contributed by atoms with E-state index in [4.69, 9.17) is 0 Å². The molecule has 0 aliphatic heterocycles. The molecule has 0 rings (SSSR count). The van der Waals surface area contributed by atoms with Crippen LogP contribution in [0.25, 0.3) is 0 Å². The molecular weight excluding hydrogens is 300 g/mol. The van der Waals surface area contributed by atoms with Crippen LogP contribution in [0.15, 0.2) is 48.6 Å². The Hall–Kier alpha value is -1.90. The number of allylic oxidation sites excluding steroid dienone is 8. The van der Waals surface area contributed by atoms with Gasteiger partial charge in [0, 0.05) is 12.8 Å². The maximum atomic E-state index is 11.5. The Bertz CT molecular complexity index is 442. The molecule has 0 saturated heterocycles. The molecule has 134 valence electrons. The van der Waals surface area contributed by atoms with E-state index in [9.17, 15) is 9.59 Å². The number of carbonyl (C=O) groups excluding carboxylic acids is 2. The Labute approximate surface area is 147 Å². The molecule has 0 bridgehead atoms. The van der Waals surface area contributed by atoms with Gasteiger partial charge in [0.05, 0.1) is 7.11 Å². The van der Waals surface area contributed by atoms with Crippen molar-refractivity contribution >= 4 is 11.8 Å². The second-order valence-corrected chi connectivity index (χ2v) is 5.59. The minimum absolute atomic E-state index is 0.0345. The molecule has 0 aliphatic carbocycles. The first-order chi connectivity index (χ1) is 11.7. The van der Waals surface area contributed by atoms with Gasteiger partial charge in [-0.05, 0) is 38.2 Å². The van der Waals surface area contributed by atoms with Gasteiger partial charge >= 0.3 is 5.97 Å². The molecule has 0 fully saturated rings. The minimum Gasteiger partial charge on any atom is -0.469 e. The van der Waals surface area contributed by atoms with E-state index in [1.165, 1.54) is 32.8 Å². The molecule has 0 aromatic rings. The Balaban J connectivity index is 3.64. The lowest BCUT2D eigenvalue weighted by Gasteiger charge is -1.96. The van der Waals surface area contributed by atoms with Crippen LogP contribution in [0.2, 0.25) is 0 Å². The quantitative estimate of drug-likeness (QED) is 0.139. The third-order valence-electron chi connectivity index (χ3n) is 3.41. The molecule has 0 aromatic heterocycles. The van der Waals surface area contributed by atoms with Crippen molar-refractivity contribution in [1.29, 1.82) is 0 Å². The molecule has 0 amide bonds. The number of unbranched alkanes of at least 4 members (excludes halogenated alkanes) is 3. The van der Waals surface area contributed by atoms with E-state index in [1.54, 1.807) is 12.2 Å². The van der Waals surface area contributed by atoms with Crippen molar-refractivity contribution < 1.29 is 14.3 Å². The van der Waals surface area contributed by atoms with Gasteiger partial charge in [-0.25, -0.2) is 0 Å². The summed E-state index contributed by atoms with van der Waals surface area (Å²) in [5.41, 5.74) is 0. The van der Waals surface area contributed by atoms with Crippen molar-refractivity contribution in [2.45, 2.75) is 64.7 Å². The third kappa shape index (κ3) is 16.5. The van der Waals surface area contributed by atoms with E-state index in [-0.39, 0.29) is 11.8 Å². The number of ketones is 1. The summed E-state index contributed by atoms with van der Waals surface area (Å²) in [6, 6.07) is 0. The molecule has 24 heavy (non-hydrogen) atoms. The number of carbonyl (C=O) groups is 2. The molecule has 0 aliphatic rings. The predicted octanol–water partition coefficient (Wildman–Crippen LogP) is 5.48. The van der Waals surface area contributed by atoms with E-state index in [1.807, 2.05) is 12.2 Å². The molecule has 0 unspecified atom stereocenters. The summed E-state index contributed by atoms with van der Waals surface area (Å²) in [5.74, 6) is -0.235. The lowest BCUT2D eigenvalue weighted by Crippen LogP contribution is -2.01. The Morgan fingerprint density at radius 2 is 1.54 bits per heavy atom. The van der Waals surface area contributed by atoms with Gasteiger partial charge in [0.2, 0.25) is 0 Å². The highest BCUT2D eigenvalue weighted by Crippen LogP contribution is 2.01. The van der Waals surface area contributed by atoms with Gasteiger partial charge in [-0.1, -0.05) is 62.3 Å². The summed E-state index contributed by atoms with van der Waals surface area (Å²) in [6.45, 7) is 2.22. The van der Waals surface area contributed by atoms with Crippen LogP contribution < -0.4 is 0 Å². The van der Waals surface area contributed by atoms with E-state index >= 15 is 0 Å². The minimum atomic E-state index is -0.269.